The van der Waals surface area contributed by atoms with Crippen molar-refractivity contribution in [3.8, 4) is 0 Å². The van der Waals surface area contributed by atoms with Crippen molar-refractivity contribution in [3.63, 3.8) is 0 Å². The Hall–Kier alpha value is -0.520. The molecule has 4 rings (SSSR count). The number of thioether (sulfide) groups is 1. The molecule has 2 aliphatic carbocycles. The summed E-state index contributed by atoms with van der Waals surface area (Å²) in [5.41, 5.74) is -0.213. The van der Waals surface area contributed by atoms with Gasteiger partial charge in [-0.15, -0.1) is 11.3 Å². The van der Waals surface area contributed by atoms with Crippen LogP contribution in [0.5, 0.6) is 0 Å². The van der Waals surface area contributed by atoms with Crippen molar-refractivity contribution in [1.82, 2.24) is 10.2 Å². The molecule has 1 saturated heterocycles. The van der Waals surface area contributed by atoms with E-state index < -0.39 is 0 Å². The van der Waals surface area contributed by atoms with Gasteiger partial charge in [-0.05, 0) is 43.4 Å². The summed E-state index contributed by atoms with van der Waals surface area (Å²) < 4.78 is 0. The molecule has 0 bridgehead atoms. The summed E-state index contributed by atoms with van der Waals surface area (Å²) in [5, 5.41) is 6.38. The van der Waals surface area contributed by atoms with Crippen molar-refractivity contribution in [1.29, 1.82) is 0 Å². The summed E-state index contributed by atoms with van der Waals surface area (Å²) in [4.78, 5) is 16.5. The largest absolute Gasteiger partial charge is 0.316 e. The summed E-state index contributed by atoms with van der Waals surface area (Å²) >= 11 is 3.71. The number of carbonyl (C=O) groups excluding carboxylic acids is 1. The lowest BCUT2D eigenvalue weighted by atomic mass is 9.93. The molecule has 1 amide bonds. The minimum Gasteiger partial charge on any atom is -0.316 e. The molecule has 1 aromatic rings. The Kier molecular flexibility index (Phi) is 3.55. The van der Waals surface area contributed by atoms with E-state index in [1.807, 2.05) is 11.8 Å². The summed E-state index contributed by atoms with van der Waals surface area (Å²) in [6, 6.07) is 4.66. The van der Waals surface area contributed by atoms with Crippen molar-refractivity contribution < 1.29 is 4.79 Å². The summed E-state index contributed by atoms with van der Waals surface area (Å²) in [6.45, 7) is 0. The van der Waals surface area contributed by atoms with Crippen LogP contribution >= 0.6 is 23.1 Å². The second kappa shape index (κ2) is 5.28. The van der Waals surface area contributed by atoms with Crippen molar-refractivity contribution in [2.45, 2.75) is 61.5 Å². The van der Waals surface area contributed by atoms with Crippen LogP contribution in [0, 0.1) is 0 Å². The first-order valence-corrected chi connectivity index (χ1v) is 10.1. The van der Waals surface area contributed by atoms with Gasteiger partial charge >= 0.3 is 0 Å². The molecular weight excluding hydrogens is 300 g/mol. The van der Waals surface area contributed by atoms with Gasteiger partial charge in [-0.25, -0.2) is 0 Å². The molecule has 21 heavy (non-hydrogen) atoms. The Labute approximate surface area is 134 Å². The molecule has 1 aliphatic heterocycles. The van der Waals surface area contributed by atoms with Gasteiger partial charge in [0.05, 0.1) is 0 Å². The smallest absolute Gasteiger partial charge is 0.244 e. The maximum atomic E-state index is 13.0. The minimum absolute atomic E-state index is 0.109. The van der Waals surface area contributed by atoms with Crippen LogP contribution in [0.25, 0.3) is 0 Å². The third-order valence-electron chi connectivity index (χ3n) is 5.23. The third-order valence-corrected chi connectivity index (χ3v) is 7.31. The van der Waals surface area contributed by atoms with Crippen molar-refractivity contribution in [2.24, 2.45) is 0 Å². The highest BCUT2D eigenvalue weighted by Gasteiger charge is 2.61. The van der Waals surface area contributed by atoms with Gasteiger partial charge in [-0.1, -0.05) is 18.9 Å². The van der Waals surface area contributed by atoms with Crippen LogP contribution in [0.1, 0.15) is 49.6 Å². The maximum Gasteiger partial charge on any atom is 0.244 e. The molecular formula is C16H22N2OS2. The van der Waals surface area contributed by atoms with Crippen molar-refractivity contribution in [3.05, 3.63) is 22.4 Å². The normalized spacial score (nSPS) is 34.6. The summed E-state index contributed by atoms with van der Waals surface area (Å²) in [7, 11) is 0. The van der Waals surface area contributed by atoms with Crippen LogP contribution < -0.4 is 5.32 Å². The Morgan fingerprint density at radius 1 is 1.38 bits per heavy atom. The van der Waals surface area contributed by atoms with E-state index in [2.05, 4.69) is 34.0 Å². The van der Waals surface area contributed by atoms with Gasteiger partial charge in [0, 0.05) is 16.2 Å². The average Bonchev–Trinajstić information content (AvgIpc) is 2.98. The lowest BCUT2D eigenvalue weighted by molar-refractivity contribution is -0.133. The van der Waals surface area contributed by atoms with E-state index in [0.717, 1.165) is 19.3 Å². The zero-order valence-corrected chi connectivity index (χ0v) is 14.0. The third kappa shape index (κ3) is 2.25. The summed E-state index contributed by atoms with van der Waals surface area (Å²) in [6.07, 6.45) is 9.32. The molecule has 1 aromatic heterocycles. The van der Waals surface area contributed by atoms with Crippen LogP contribution in [-0.2, 0) is 4.79 Å². The standard InChI is InChI=1S/C16H22N2OS2/c1-20-12-6-3-2-5-11(12)18-14(13-7-4-10-21-13)17-16(8-9-16)15(18)19/h4,7,10-12,14,17H,2-3,5-6,8-9H2,1H3. The molecule has 0 radical (unpaired) electrons. The molecule has 3 nitrogen and oxygen atoms in total. The molecule has 5 heteroatoms. The Balaban J connectivity index is 1.67. The lowest BCUT2D eigenvalue weighted by Crippen LogP contribution is -2.47. The molecule has 2 heterocycles. The van der Waals surface area contributed by atoms with Crippen molar-refractivity contribution >= 4 is 29.0 Å². The number of carbonyl (C=O) groups is 1. The van der Waals surface area contributed by atoms with Crippen LogP contribution in [-0.4, -0.2) is 33.9 Å². The average molecular weight is 322 g/mol. The van der Waals surface area contributed by atoms with Crippen LogP contribution in [0.15, 0.2) is 17.5 Å². The first kappa shape index (κ1) is 14.1. The SMILES string of the molecule is CSC1CCCCC1N1C(=O)C2(CC2)NC1c1cccs1. The highest BCUT2D eigenvalue weighted by atomic mass is 32.2. The van der Waals surface area contributed by atoms with E-state index in [1.54, 1.807) is 11.3 Å². The minimum atomic E-state index is -0.213. The second-order valence-corrected chi connectivity index (χ2v) is 8.54. The van der Waals surface area contributed by atoms with Gasteiger partial charge in [0.15, 0.2) is 0 Å². The molecule has 1 spiro atoms. The Morgan fingerprint density at radius 3 is 2.86 bits per heavy atom. The van der Waals surface area contributed by atoms with E-state index in [1.165, 1.54) is 24.1 Å². The van der Waals surface area contributed by atoms with E-state index in [0.29, 0.717) is 17.2 Å². The number of amides is 1. The van der Waals surface area contributed by atoms with Gasteiger partial charge in [0.1, 0.15) is 11.7 Å². The number of thiophene rings is 1. The molecule has 3 fully saturated rings. The Morgan fingerprint density at radius 2 is 2.19 bits per heavy atom. The first-order chi connectivity index (χ1) is 10.2. The van der Waals surface area contributed by atoms with Gasteiger partial charge in [-0.3, -0.25) is 10.1 Å². The fourth-order valence-corrected chi connectivity index (χ4v) is 5.66. The molecule has 0 aromatic carbocycles. The predicted molar refractivity (Wildman–Crippen MR) is 88.6 cm³/mol. The van der Waals surface area contributed by atoms with Crippen LogP contribution in [0.3, 0.4) is 0 Å². The van der Waals surface area contributed by atoms with E-state index in [4.69, 9.17) is 0 Å². The number of hydrogen-bond acceptors (Lipinski definition) is 4. The molecule has 3 aliphatic rings. The topological polar surface area (TPSA) is 32.3 Å². The van der Waals surface area contributed by atoms with E-state index in [9.17, 15) is 4.79 Å². The molecule has 3 unspecified atom stereocenters. The highest BCUT2D eigenvalue weighted by Crippen LogP contribution is 2.49. The fourth-order valence-electron chi connectivity index (χ4n) is 3.91. The number of nitrogens with zero attached hydrogens (tertiary/aromatic N) is 1. The number of rotatable bonds is 3. The zero-order chi connectivity index (χ0) is 14.4. The second-order valence-electron chi connectivity index (χ2n) is 6.48. The van der Waals surface area contributed by atoms with Gasteiger partial charge < -0.3 is 4.90 Å². The molecule has 1 N–H and O–H groups in total. The monoisotopic (exact) mass is 322 g/mol. The number of hydrogen-bond donors (Lipinski definition) is 1. The quantitative estimate of drug-likeness (QED) is 0.926. The van der Waals surface area contributed by atoms with Gasteiger partial charge in [0.2, 0.25) is 5.91 Å². The Bertz CT molecular complexity index is 526. The maximum absolute atomic E-state index is 13.0. The highest BCUT2D eigenvalue weighted by molar-refractivity contribution is 7.99. The number of nitrogens with one attached hydrogen (secondary N) is 1. The van der Waals surface area contributed by atoms with Crippen molar-refractivity contribution in [2.75, 3.05) is 6.26 Å². The first-order valence-electron chi connectivity index (χ1n) is 7.92. The van der Waals surface area contributed by atoms with E-state index in [-0.39, 0.29) is 11.7 Å². The molecule has 3 atom stereocenters. The zero-order valence-electron chi connectivity index (χ0n) is 12.4. The molecule has 114 valence electrons. The lowest BCUT2D eigenvalue weighted by Gasteiger charge is -2.39. The van der Waals surface area contributed by atoms with Gasteiger partial charge in [0.25, 0.3) is 0 Å². The van der Waals surface area contributed by atoms with Crippen LogP contribution in [0.2, 0.25) is 0 Å². The molecule has 2 saturated carbocycles. The predicted octanol–water partition coefficient (Wildman–Crippen LogP) is 3.39. The van der Waals surface area contributed by atoms with Gasteiger partial charge in [-0.2, -0.15) is 11.8 Å². The fraction of sp³-hybridized carbons (Fsp3) is 0.688. The van der Waals surface area contributed by atoms with E-state index >= 15 is 0 Å². The van der Waals surface area contributed by atoms with Crippen LogP contribution in [0.4, 0.5) is 0 Å². The summed E-state index contributed by atoms with van der Waals surface area (Å²) in [5.74, 6) is 0.367.